The van der Waals surface area contributed by atoms with E-state index >= 15 is 0 Å². The molecule has 3 unspecified atom stereocenters. The first kappa shape index (κ1) is 23.3. The van der Waals surface area contributed by atoms with Crippen LogP contribution in [0, 0.1) is 5.92 Å². The zero-order valence-corrected chi connectivity index (χ0v) is 21.2. The van der Waals surface area contributed by atoms with Gasteiger partial charge >= 0.3 is 6.09 Å². The maximum atomic E-state index is 12.7. The second kappa shape index (κ2) is 8.76. The molecule has 0 radical (unpaired) electrons. The molecular formula is C28H30N6O3. The molecule has 9 heteroatoms. The summed E-state index contributed by atoms with van der Waals surface area (Å²) in [7, 11) is 0. The van der Waals surface area contributed by atoms with E-state index in [1.165, 1.54) is 6.33 Å². The van der Waals surface area contributed by atoms with Crippen molar-refractivity contribution in [2.45, 2.75) is 51.3 Å². The maximum absolute atomic E-state index is 12.7. The van der Waals surface area contributed by atoms with Crippen molar-refractivity contribution >= 4 is 22.9 Å². The normalized spacial score (nSPS) is 20.9. The molecule has 37 heavy (non-hydrogen) atoms. The fourth-order valence-electron chi connectivity index (χ4n) is 5.53. The van der Waals surface area contributed by atoms with E-state index < -0.39 is 5.60 Å². The van der Waals surface area contributed by atoms with Crippen molar-refractivity contribution in [1.82, 2.24) is 24.6 Å². The average molecular weight is 499 g/mol. The molecule has 2 aromatic heterocycles. The molecule has 0 spiro atoms. The molecule has 2 N–H and O–H groups in total. The molecule has 1 saturated carbocycles. The van der Waals surface area contributed by atoms with Gasteiger partial charge in [-0.15, -0.1) is 0 Å². The number of nitrogens with two attached hydrogens (primary N) is 1. The van der Waals surface area contributed by atoms with E-state index in [1.807, 2.05) is 85.0 Å². The van der Waals surface area contributed by atoms with Gasteiger partial charge in [-0.25, -0.2) is 19.4 Å². The van der Waals surface area contributed by atoms with Crippen molar-refractivity contribution in [3.63, 3.8) is 0 Å². The van der Waals surface area contributed by atoms with Crippen LogP contribution in [0.2, 0.25) is 0 Å². The number of hydrogen-bond acceptors (Lipinski definition) is 7. The van der Waals surface area contributed by atoms with Crippen LogP contribution in [-0.4, -0.2) is 48.9 Å². The molecule has 6 rings (SSSR count). The van der Waals surface area contributed by atoms with Crippen LogP contribution in [-0.2, 0) is 4.74 Å². The number of nitrogen functional groups attached to an aromatic ring is 1. The number of nitrogens with zero attached hydrogens (tertiary/aromatic N) is 5. The van der Waals surface area contributed by atoms with E-state index in [1.54, 1.807) is 0 Å². The number of carbonyl (C=O) groups excluding carboxylic acids is 1. The van der Waals surface area contributed by atoms with Crippen molar-refractivity contribution in [3.05, 3.63) is 60.9 Å². The third-order valence-corrected chi connectivity index (χ3v) is 7.05. The Hall–Kier alpha value is -4.14. The number of anilines is 1. The van der Waals surface area contributed by atoms with Crippen LogP contribution in [0.1, 0.15) is 39.7 Å². The lowest BCUT2D eigenvalue weighted by atomic mass is 10.0. The number of piperidine rings is 1. The number of benzene rings is 2. The second-order valence-corrected chi connectivity index (χ2v) is 10.8. The van der Waals surface area contributed by atoms with Crippen LogP contribution in [0.5, 0.6) is 11.5 Å². The minimum Gasteiger partial charge on any atom is -0.457 e. The Labute approximate surface area is 215 Å². The highest BCUT2D eigenvalue weighted by atomic mass is 16.6. The second-order valence-electron chi connectivity index (χ2n) is 10.8. The Kier molecular flexibility index (Phi) is 5.51. The lowest BCUT2D eigenvalue weighted by Crippen LogP contribution is -2.43. The van der Waals surface area contributed by atoms with Crippen LogP contribution < -0.4 is 10.5 Å². The summed E-state index contributed by atoms with van der Waals surface area (Å²) >= 11 is 0. The zero-order valence-electron chi connectivity index (χ0n) is 21.2. The molecule has 2 fully saturated rings. The molecule has 2 bridgehead atoms. The number of rotatable bonds is 4. The number of ether oxygens (including phenoxy) is 2. The van der Waals surface area contributed by atoms with Gasteiger partial charge in [-0.3, -0.25) is 0 Å². The first-order valence-electron chi connectivity index (χ1n) is 12.6. The van der Waals surface area contributed by atoms with Gasteiger partial charge in [0.1, 0.15) is 34.9 Å². The van der Waals surface area contributed by atoms with Crippen LogP contribution in [0.15, 0.2) is 60.9 Å². The molecule has 4 aromatic rings. The molecule has 9 nitrogen and oxygen atoms in total. The molecule has 1 amide bonds. The molecule has 1 saturated heterocycles. The van der Waals surface area contributed by atoms with Crippen LogP contribution in [0.3, 0.4) is 0 Å². The summed E-state index contributed by atoms with van der Waals surface area (Å²) in [5.41, 5.74) is 8.14. The SMILES string of the molecule is CC(C)(C)OC(=O)N1CC2CC1CC2n1nc(-c2cccc(Oc3ccccc3)c2)c2c(N)ncnc21. The van der Waals surface area contributed by atoms with Crippen LogP contribution in [0.25, 0.3) is 22.3 Å². The van der Waals surface area contributed by atoms with Gasteiger partial charge in [-0.05, 0) is 57.9 Å². The number of carbonyl (C=O) groups is 1. The first-order valence-corrected chi connectivity index (χ1v) is 12.6. The summed E-state index contributed by atoms with van der Waals surface area (Å²) < 4.78 is 13.7. The largest absolute Gasteiger partial charge is 0.457 e. The van der Waals surface area contributed by atoms with Gasteiger partial charge in [-0.2, -0.15) is 5.10 Å². The topological polar surface area (TPSA) is 108 Å². The Morgan fingerprint density at radius 2 is 1.81 bits per heavy atom. The molecule has 2 aliphatic rings. The van der Waals surface area contributed by atoms with Crippen molar-refractivity contribution in [3.8, 4) is 22.8 Å². The maximum Gasteiger partial charge on any atom is 0.410 e. The van der Waals surface area contributed by atoms with Gasteiger partial charge < -0.3 is 20.1 Å². The highest BCUT2D eigenvalue weighted by Gasteiger charge is 2.49. The summed E-state index contributed by atoms with van der Waals surface area (Å²) in [6.45, 7) is 6.32. The Balaban J connectivity index is 1.32. The predicted molar refractivity (Wildman–Crippen MR) is 140 cm³/mol. The van der Waals surface area contributed by atoms with E-state index in [4.69, 9.17) is 20.3 Å². The smallest absolute Gasteiger partial charge is 0.410 e. The van der Waals surface area contributed by atoms with Crippen molar-refractivity contribution < 1.29 is 14.3 Å². The number of likely N-dealkylation sites (tertiary alicyclic amines) is 1. The highest BCUT2D eigenvalue weighted by molar-refractivity contribution is 5.98. The third-order valence-electron chi connectivity index (χ3n) is 7.05. The van der Waals surface area contributed by atoms with Gasteiger partial charge in [0.15, 0.2) is 5.65 Å². The number of hydrogen-bond donors (Lipinski definition) is 1. The van der Waals surface area contributed by atoms with Crippen molar-refractivity contribution in [1.29, 1.82) is 0 Å². The van der Waals surface area contributed by atoms with E-state index in [2.05, 4.69) is 9.97 Å². The lowest BCUT2D eigenvalue weighted by Gasteiger charge is -2.33. The van der Waals surface area contributed by atoms with E-state index in [0.29, 0.717) is 23.8 Å². The zero-order chi connectivity index (χ0) is 25.7. The minimum atomic E-state index is -0.515. The fraction of sp³-hybridized carbons (Fsp3) is 0.357. The number of fused-ring (bicyclic) bond motifs is 3. The van der Waals surface area contributed by atoms with Crippen LogP contribution in [0.4, 0.5) is 10.6 Å². The summed E-state index contributed by atoms with van der Waals surface area (Å²) in [5.74, 6) is 2.11. The standard InChI is InChI=1S/C28H30N6O3/c1-28(2,3)37-27(35)33-15-18-12-19(33)14-22(18)34-26-23(25(29)30-16-31-26)24(32-34)17-8-7-11-21(13-17)36-20-9-5-4-6-10-20/h4-11,13,16,18-19,22H,12,14-15H2,1-3H3,(H2,29,30,31). The van der Waals surface area contributed by atoms with E-state index in [-0.39, 0.29) is 24.1 Å². The molecular weight excluding hydrogens is 468 g/mol. The monoisotopic (exact) mass is 498 g/mol. The summed E-state index contributed by atoms with van der Waals surface area (Å²) in [4.78, 5) is 23.4. The molecule has 3 heterocycles. The fourth-order valence-corrected chi connectivity index (χ4v) is 5.53. The summed E-state index contributed by atoms with van der Waals surface area (Å²) in [6.07, 6.45) is 2.95. The Morgan fingerprint density at radius 1 is 1.03 bits per heavy atom. The Bertz CT molecular complexity index is 1460. The third kappa shape index (κ3) is 4.34. The molecule has 1 aliphatic heterocycles. The molecule has 190 valence electrons. The highest BCUT2D eigenvalue weighted by Crippen LogP contribution is 2.47. The molecule has 3 atom stereocenters. The van der Waals surface area contributed by atoms with Gasteiger partial charge in [0.2, 0.25) is 0 Å². The summed E-state index contributed by atoms with van der Waals surface area (Å²) in [5, 5.41) is 5.77. The Morgan fingerprint density at radius 3 is 2.54 bits per heavy atom. The predicted octanol–water partition coefficient (Wildman–Crippen LogP) is 5.44. The van der Waals surface area contributed by atoms with Crippen molar-refractivity contribution in [2.24, 2.45) is 5.92 Å². The van der Waals surface area contributed by atoms with E-state index in [9.17, 15) is 4.79 Å². The van der Waals surface area contributed by atoms with Crippen LogP contribution >= 0.6 is 0 Å². The number of aromatic nitrogens is 4. The van der Waals surface area contributed by atoms with Gasteiger partial charge in [0.25, 0.3) is 0 Å². The number of amides is 1. The molecule has 2 aromatic carbocycles. The molecule has 1 aliphatic carbocycles. The quantitative estimate of drug-likeness (QED) is 0.399. The van der Waals surface area contributed by atoms with Gasteiger partial charge in [0, 0.05) is 24.1 Å². The number of para-hydroxylation sites is 1. The lowest BCUT2D eigenvalue weighted by molar-refractivity contribution is 0.0163. The minimum absolute atomic E-state index is 0.109. The van der Waals surface area contributed by atoms with E-state index in [0.717, 1.165) is 35.2 Å². The van der Waals surface area contributed by atoms with Crippen molar-refractivity contribution in [2.75, 3.05) is 12.3 Å². The average Bonchev–Trinajstić information content (AvgIpc) is 3.57. The summed E-state index contributed by atoms with van der Waals surface area (Å²) in [6, 6.07) is 17.7. The van der Waals surface area contributed by atoms with Gasteiger partial charge in [-0.1, -0.05) is 30.3 Å². The van der Waals surface area contributed by atoms with Gasteiger partial charge in [0.05, 0.1) is 11.4 Å². The first-order chi connectivity index (χ1) is 17.8.